The van der Waals surface area contributed by atoms with Crippen molar-refractivity contribution in [3.63, 3.8) is 0 Å². The van der Waals surface area contributed by atoms with Crippen LogP contribution in [0.15, 0.2) is 28.9 Å². The first kappa shape index (κ1) is 12.1. The van der Waals surface area contributed by atoms with Gasteiger partial charge >= 0.3 is 0 Å². The number of nitrogens with one attached hydrogen (secondary N) is 1. The summed E-state index contributed by atoms with van der Waals surface area (Å²) in [5, 5.41) is 17.0. The molecule has 0 saturated carbocycles. The van der Waals surface area contributed by atoms with E-state index in [1.807, 2.05) is 0 Å². The Kier molecular flexibility index (Phi) is 2.79. The number of rotatable bonds is 3. The largest absolute Gasteiger partial charge is 0.496 e. The molecule has 0 spiro atoms. The summed E-state index contributed by atoms with van der Waals surface area (Å²) in [5.41, 5.74) is 1.67. The predicted octanol–water partition coefficient (Wildman–Crippen LogP) is 2.00. The third-order valence-electron chi connectivity index (χ3n) is 2.81. The van der Waals surface area contributed by atoms with Gasteiger partial charge in [-0.05, 0) is 18.2 Å². The fraction of sp³-hybridized carbons (Fsp3) is 0.0769. The molecule has 7 nitrogen and oxygen atoms in total. The molecule has 0 aliphatic carbocycles. The summed E-state index contributed by atoms with van der Waals surface area (Å²) in [5.74, 6) is 0.648. The Morgan fingerprint density at radius 3 is 2.90 bits per heavy atom. The maximum absolute atomic E-state index is 9.58. The number of ether oxygens (including phenoxy) is 1. The van der Waals surface area contributed by atoms with Gasteiger partial charge in [0.25, 0.3) is 5.71 Å². The minimum absolute atomic E-state index is 0.203. The van der Waals surface area contributed by atoms with Crippen molar-refractivity contribution in [3.8, 4) is 23.1 Å². The van der Waals surface area contributed by atoms with Crippen molar-refractivity contribution >= 4 is 17.4 Å². The second kappa shape index (κ2) is 4.61. The Morgan fingerprint density at radius 2 is 2.20 bits per heavy atom. The number of fused-ring (bicyclic) bond motifs is 1. The number of benzene rings is 1. The van der Waals surface area contributed by atoms with Crippen molar-refractivity contribution in [1.82, 2.24) is 15.0 Å². The lowest BCUT2D eigenvalue weighted by Crippen LogP contribution is -1.91. The van der Waals surface area contributed by atoms with E-state index in [-0.39, 0.29) is 17.1 Å². The van der Waals surface area contributed by atoms with Crippen LogP contribution in [0.1, 0.15) is 5.56 Å². The lowest BCUT2D eigenvalue weighted by atomic mass is 10.1. The molecule has 3 rings (SSSR count). The second-order valence-corrected chi connectivity index (χ2v) is 3.97. The van der Waals surface area contributed by atoms with E-state index in [0.717, 1.165) is 0 Å². The number of oxazole rings is 1. The zero-order valence-electron chi connectivity index (χ0n) is 10.5. The molecule has 0 saturated heterocycles. The number of nitrogens with zero attached hydrogens (tertiary/aromatic N) is 3. The topological polar surface area (TPSA) is 105 Å². The molecule has 1 aromatic carbocycles. The van der Waals surface area contributed by atoms with E-state index in [2.05, 4.69) is 15.0 Å². The van der Waals surface area contributed by atoms with Crippen LogP contribution in [0.3, 0.4) is 0 Å². The van der Waals surface area contributed by atoms with Crippen LogP contribution in [-0.2, 0) is 0 Å². The standard InChI is InChI=1S/C13H10N4O3/c1-19-9-3-2-7(4-8(9)5-14)12-17-10-11(18)15-6-16-13(10)20-12/h2-6,14H,1H3,(H,15,16,18). The molecule has 2 heterocycles. The van der Waals surface area contributed by atoms with Crippen LogP contribution >= 0.6 is 0 Å². The van der Waals surface area contributed by atoms with E-state index >= 15 is 0 Å². The lowest BCUT2D eigenvalue weighted by molar-refractivity contribution is 0.414. The Labute approximate surface area is 113 Å². The van der Waals surface area contributed by atoms with Gasteiger partial charge in [-0.15, -0.1) is 0 Å². The minimum Gasteiger partial charge on any atom is -0.496 e. The van der Waals surface area contributed by atoms with Crippen molar-refractivity contribution in [2.24, 2.45) is 0 Å². The molecular weight excluding hydrogens is 260 g/mol. The van der Waals surface area contributed by atoms with Crippen LogP contribution in [0.5, 0.6) is 11.6 Å². The van der Waals surface area contributed by atoms with E-state index in [1.165, 1.54) is 19.7 Å². The van der Waals surface area contributed by atoms with Gasteiger partial charge in [0.05, 0.1) is 7.11 Å². The third-order valence-corrected chi connectivity index (χ3v) is 2.81. The number of methoxy groups -OCH3 is 1. The van der Waals surface area contributed by atoms with Crippen LogP contribution in [0.4, 0.5) is 0 Å². The van der Waals surface area contributed by atoms with Crippen molar-refractivity contribution in [2.75, 3.05) is 7.11 Å². The average molecular weight is 270 g/mol. The number of aromatic nitrogens is 3. The van der Waals surface area contributed by atoms with Crippen LogP contribution in [-0.4, -0.2) is 33.4 Å². The minimum atomic E-state index is -0.231. The zero-order chi connectivity index (χ0) is 14.1. The van der Waals surface area contributed by atoms with E-state index in [0.29, 0.717) is 22.8 Å². The van der Waals surface area contributed by atoms with Gasteiger partial charge in [0.2, 0.25) is 11.8 Å². The van der Waals surface area contributed by atoms with Crippen molar-refractivity contribution in [3.05, 3.63) is 30.1 Å². The molecule has 3 aromatic rings. The first-order valence-electron chi connectivity index (χ1n) is 5.72. The summed E-state index contributed by atoms with van der Waals surface area (Å²) in [6, 6.07) is 5.18. The van der Waals surface area contributed by atoms with Crippen LogP contribution in [0.25, 0.3) is 22.7 Å². The Balaban J connectivity index is 2.15. The Hall–Kier alpha value is -2.96. The highest BCUT2D eigenvalue weighted by atomic mass is 16.5. The molecular formula is C13H10N4O3. The van der Waals surface area contributed by atoms with Gasteiger partial charge < -0.3 is 19.7 Å². The summed E-state index contributed by atoms with van der Waals surface area (Å²) >= 11 is 0. The van der Waals surface area contributed by atoms with Crippen LogP contribution < -0.4 is 4.74 Å². The second-order valence-electron chi connectivity index (χ2n) is 3.97. The van der Waals surface area contributed by atoms with Crippen molar-refractivity contribution < 1.29 is 14.3 Å². The molecule has 2 N–H and O–H groups in total. The van der Waals surface area contributed by atoms with Crippen LogP contribution in [0.2, 0.25) is 0 Å². The highest BCUT2D eigenvalue weighted by molar-refractivity contribution is 5.84. The fourth-order valence-electron chi connectivity index (χ4n) is 1.85. The van der Waals surface area contributed by atoms with E-state index in [4.69, 9.17) is 14.6 Å². The molecule has 7 heteroatoms. The molecule has 0 aliphatic rings. The maximum Gasteiger partial charge on any atom is 0.254 e. The first-order valence-corrected chi connectivity index (χ1v) is 5.72. The molecule has 0 atom stereocenters. The van der Waals surface area contributed by atoms with Gasteiger partial charge in [-0.1, -0.05) is 0 Å². The quantitative estimate of drug-likeness (QED) is 0.705. The summed E-state index contributed by atoms with van der Waals surface area (Å²) in [6.07, 6.45) is 2.38. The SMILES string of the molecule is COc1ccc(-c2nc3c(O)ncnc3o2)cc1C=N. The fourth-order valence-corrected chi connectivity index (χ4v) is 1.85. The molecule has 0 amide bonds. The first-order chi connectivity index (χ1) is 9.72. The van der Waals surface area contributed by atoms with Crippen molar-refractivity contribution in [1.29, 1.82) is 5.41 Å². The normalized spacial score (nSPS) is 10.7. The summed E-state index contributed by atoms with van der Waals surface area (Å²) in [4.78, 5) is 11.7. The monoisotopic (exact) mass is 270 g/mol. The Bertz CT molecular complexity index is 797. The Morgan fingerprint density at radius 1 is 1.35 bits per heavy atom. The molecule has 0 fully saturated rings. The molecule has 20 heavy (non-hydrogen) atoms. The van der Waals surface area contributed by atoms with Gasteiger partial charge in [0.15, 0.2) is 5.52 Å². The van der Waals surface area contributed by atoms with Gasteiger partial charge in [0, 0.05) is 17.3 Å². The van der Waals surface area contributed by atoms with Gasteiger partial charge in [-0.25, -0.2) is 4.98 Å². The molecule has 2 aromatic heterocycles. The number of aromatic hydroxyl groups is 1. The molecule has 0 radical (unpaired) electrons. The van der Waals surface area contributed by atoms with Crippen LogP contribution in [0, 0.1) is 5.41 Å². The molecule has 0 bridgehead atoms. The average Bonchev–Trinajstić information content (AvgIpc) is 2.92. The van der Waals surface area contributed by atoms with Gasteiger partial charge in [-0.2, -0.15) is 9.97 Å². The maximum atomic E-state index is 9.58. The van der Waals surface area contributed by atoms with Gasteiger partial charge in [0.1, 0.15) is 12.1 Å². The number of hydrogen-bond donors (Lipinski definition) is 2. The molecule has 100 valence electrons. The lowest BCUT2D eigenvalue weighted by Gasteiger charge is -2.04. The predicted molar refractivity (Wildman–Crippen MR) is 71.1 cm³/mol. The summed E-state index contributed by atoms with van der Waals surface area (Å²) in [6.45, 7) is 0. The zero-order valence-corrected chi connectivity index (χ0v) is 10.5. The van der Waals surface area contributed by atoms with E-state index < -0.39 is 0 Å². The smallest absolute Gasteiger partial charge is 0.254 e. The summed E-state index contributed by atoms with van der Waals surface area (Å²) < 4.78 is 10.6. The van der Waals surface area contributed by atoms with E-state index in [1.54, 1.807) is 18.2 Å². The van der Waals surface area contributed by atoms with Gasteiger partial charge in [-0.3, -0.25) is 0 Å². The van der Waals surface area contributed by atoms with E-state index in [9.17, 15) is 5.11 Å². The summed E-state index contributed by atoms with van der Waals surface area (Å²) in [7, 11) is 1.54. The number of hydrogen-bond acceptors (Lipinski definition) is 7. The highest BCUT2D eigenvalue weighted by Gasteiger charge is 2.14. The molecule has 0 aliphatic heterocycles. The molecule has 0 unspecified atom stereocenters. The third kappa shape index (κ3) is 1.85. The van der Waals surface area contributed by atoms with Crippen molar-refractivity contribution in [2.45, 2.75) is 0 Å². The highest BCUT2D eigenvalue weighted by Crippen LogP contribution is 2.29.